The van der Waals surface area contributed by atoms with E-state index in [1.54, 1.807) is 0 Å². The first-order valence-corrected chi connectivity index (χ1v) is 2.92. The molecule has 0 saturated carbocycles. The molecule has 4 heteroatoms. The first kappa shape index (κ1) is 5.78. The molecule has 0 fully saturated rings. The highest BCUT2D eigenvalue weighted by atomic mass is 79.9. The molecule has 0 unspecified atom stereocenters. The van der Waals surface area contributed by atoms with Crippen LogP contribution in [0.4, 0.5) is 0 Å². The Morgan fingerprint density at radius 3 is 2.88 bits per heavy atom. The molecule has 2 N–H and O–H groups in total. The van der Waals surface area contributed by atoms with E-state index in [-0.39, 0.29) is 0 Å². The highest BCUT2D eigenvalue weighted by Gasteiger charge is 1.98. The first-order chi connectivity index (χ1) is 3.84. The summed E-state index contributed by atoms with van der Waals surface area (Å²) < 4.78 is 5.39. The van der Waals surface area contributed by atoms with Crippen molar-refractivity contribution < 1.29 is 4.52 Å². The summed E-state index contributed by atoms with van der Waals surface area (Å²) in [6, 6.07) is 0. The third-order valence-electron chi connectivity index (χ3n) is 0.788. The monoisotopic (exact) mass is 176 g/mol. The van der Waals surface area contributed by atoms with Crippen LogP contribution < -0.4 is 5.73 Å². The van der Waals surface area contributed by atoms with Gasteiger partial charge in [0.2, 0.25) is 0 Å². The molecule has 0 aromatic carbocycles. The van der Waals surface area contributed by atoms with Crippen molar-refractivity contribution >= 4 is 15.9 Å². The predicted octanol–water partition coefficient (Wildman–Crippen LogP) is 0.896. The fourth-order valence-electron chi connectivity index (χ4n) is 0.383. The topological polar surface area (TPSA) is 52.0 Å². The van der Waals surface area contributed by atoms with Crippen LogP contribution >= 0.6 is 15.9 Å². The van der Waals surface area contributed by atoms with E-state index in [0.29, 0.717) is 6.54 Å². The summed E-state index contributed by atoms with van der Waals surface area (Å²) >= 11 is 3.19. The Morgan fingerprint density at radius 2 is 2.62 bits per heavy atom. The van der Waals surface area contributed by atoms with Gasteiger partial charge in [0.1, 0.15) is 12.0 Å². The van der Waals surface area contributed by atoms with Crippen molar-refractivity contribution in [1.82, 2.24) is 5.16 Å². The van der Waals surface area contributed by atoms with Crippen molar-refractivity contribution in [2.75, 3.05) is 0 Å². The zero-order valence-corrected chi connectivity index (χ0v) is 5.68. The summed E-state index contributed by atoms with van der Waals surface area (Å²) in [4.78, 5) is 0. The van der Waals surface area contributed by atoms with Crippen LogP contribution in [0.15, 0.2) is 15.3 Å². The van der Waals surface area contributed by atoms with Gasteiger partial charge >= 0.3 is 0 Å². The van der Waals surface area contributed by atoms with Crippen LogP contribution in [0.2, 0.25) is 0 Å². The molecule has 3 nitrogen and oxygen atoms in total. The summed E-state index contributed by atoms with van der Waals surface area (Å²) in [5.41, 5.74) is 6.00. The molecule has 0 aliphatic rings. The normalized spacial score (nSPS) is 9.75. The van der Waals surface area contributed by atoms with Gasteiger partial charge in [-0.25, -0.2) is 0 Å². The third-order valence-corrected chi connectivity index (χ3v) is 1.43. The van der Waals surface area contributed by atoms with E-state index in [0.717, 1.165) is 10.2 Å². The maximum Gasteiger partial charge on any atom is 0.138 e. The van der Waals surface area contributed by atoms with Gasteiger partial charge in [-0.2, -0.15) is 0 Å². The van der Waals surface area contributed by atoms with Crippen molar-refractivity contribution in [2.45, 2.75) is 6.54 Å². The van der Waals surface area contributed by atoms with Gasteiger partial charge in [0.15, 0.2) is 0 Å². The van der Waals surface area contributed by atoms with Crippen molar-refractivity contribution in [3.05, 3.63) is 16.4 Å². The van der Waals surface area contributed by atoms with Crippen molar-refractivity contribution in [3.63, 3.8) is 0 Å². The van der Waals surface area contributed by atoms with Gasteiger partial charge in [0.25, 0.3) is 0 Å². The summed E-state index contributed by atoms with van der Waals surface area (Å²) in [6.07, 6.45) is 1.50. The quantitative estimate of drug-likeness (QED) is 0.693. The maximum absolute atomic E-state index is 5.24. The number of halogens is 1. The number of nitrogens with two attached hydrogens (primary N) is 1. The van der Waals surface area contributed by atoms with Crippen molar-refractivity contribution in [2.24, 2.45) is 5.73 Å². The molecule has 0 spiro atoms. The molecule has 1 rings (SSSR count). The molecular weight excluding hydrogens is 172 g/mol. The van der Waals surface area contributed by atoms with Gasteiger partial charge in [-0.3, -0.25) is 0 Å². The van der Waals surface area contributed by atoms with Crippen LogP contribution in [0.5, 0.6) is 0 Å². The number of hydrogen-bond donors (Lipinski definition) is 1. The Hall–Kier alpha value is -0.350. The molecule has 0 atom stereocenters. The van der Waals surface area contributed by atoms with Crippen molar-refractivity contribution in [3.8, 4) is 0 Å². The largest absolute Gasteiger partial charge is 0.363 e. The number of hydrogen-bond acceptors (Lipinski definition) is 3. The van der Waals surface area contributed by atoms with E-state index >= 15 is 0 Å². The number of aromatic nitrogens is 1. The molecule has 1 heterocycles. The number of nitrogens with zero attached hydrogens (tertiary/aromatic N) is 1. The van der Waals surface area contributed by atoms with Crippen LogP contribution in [0.25, 0.3) is 0 Å². The van der Waals surface area contributed by atoms with E-state index in [9.17, 15) is 0 Å². The molecule has 0 amide bonds. The van der Waals surface area contributed by atoms with Gasteiger partial charge in [-0.15, -0.1) is 0 Å². The summed E-state index contributed by atoms with van der Waals surface area (Å²) in [7, 11) is 0. The Morgan fingerprint density at radius 1 is 1.88 bits per heavy atom. The van der Waals surface area contributed by atoms with Gasteiger partial charge in [-0.1, -0.05) is 5.16 Å². The second-order valence-electron chi connectivity index (χ2n) is 1.31. The van der Waals surface area contributed by atoms with Gasteiger partial charge < -0.3 is 10.3 Å². The lowest BCUT2D eigenvalue weighted by atomic mass is 10.4. The Kier molecular flexibility index (Phi) is 1.65. The lowest BCUT2D eigenvalue weighted by Gasteiger charge is -1.81. The standard InChI is InChI=1S/C4H5BrN2O/c5-3-2-8-7-4(3)1-6/h2H,1,6H2. The third kappa shape index (κ3) is 0.900. The average molecular weight is 177 g/mol. The Balaban J connectivity index is 2.92. The van der Waals surface area contributed by atoms with Gasteiger partial charge in [0, 0.05) is 6.54 Å². The predicted molar refractivity (Wildman–Crippen MR) is 32.1 cm³/mol. The molecule has 0 bridgehead atoms. The molecule has 0 aliphatic heterocycles. The molecule has 8 heavy (non-hydrogen) atoms. The lowest BCUT2D eigenvalue weighted by Crippen LogP contribution is -1.96. The lowest BCUT2D eigenvalue weighted by molar-refractivity contribution is 0.411. The second kappa shape index (κ2) is 2.28. The second-order valence-corrected chi connectivity index (χ2v) is 2.17. The van der Waals surface area contributed by atoms with E-state index in [4.69, 9.17) is 5.73 Å². The molecule has 0 saturated heterocycles. The van der Waals surface area contributed by atoms with E-state index < -0.39 is 0 Å². The van der Waals surface area contributed by atoms with E-state index in [2.05, 4.69) is 25.6 Å². The Labute approximate surface area is 55.0 Å². The zero-order chi connectivity index (χ0) is 5.98. The zero-order valence-electron chi connectivity index (χ0n) is 4.10. The van der Waals surface area contributed by atoms with Crippen LogP contribution in [0.3, 0.4) is 0 Å². The fourth-order valence-corrected chi connectivity index (χ4v) is 0.700. The SMILES string of the molecule is NCc1nocc1Br. The van der Waals surface area contributed by atoms with Crippen LogP contribution in [-0.2, 0) is 6.54 Å². The summed E-state index contributed by atoms with van der Waals surface area (Å²) in [5.74, 6) is 0. The van der Waals surface area contributed by atoms with Crippen molar-refractivity contribution in [1.29, 1.82) is 0 Å². The fraction of sp³-hybridized carbons (Fsp3) is 0.250. The highest BCUT2D eigenvalue weighted by Crippen LogP contribution is 2.12. The van der Waals surface area contributed by atoms with Gasteiger partial charge in [0.05, 0.1) is 4.47 Å². The number of rotatable bonds is 1. The summed E-state index contributed by atoms with van der Waals surface area (Å²) in [6.45, 7) is 0.414. The van der Waals surface area contributed by atoms with E-state index in [1.807, 2.05) is 0 Å². The molecule has 0 aliphatic carbocycles. The smallest absolute Gasteiger partial charge is 0.138 e. The molecule has 44 valence electrons. The van der Waals surface area contributed by atoms with E-state index in [1.165, 1.54) is 6.26 Å². The first-order valence-electron chi connectivity index (χ1n) is 2.13. The summed E-state index contributed by atoms with van der Waals surface area (Å²) in [5, 5.41) is 3.59. The molecule has 1 aromatic heterocycles. The highest BCUT2D eigenvalue weighted by molar-refractivity contribution is 9.10. The molecule has 1 aromatic rings. The minimum atomic E-state index is 0.414. The molecular formula is C4H5BrN2O. The van der Waals surface area contributed by atoms with Gasteiger partial charge in [-0.05, 0) is 15.9 Å². The van der Waals surface area contributed by atoms with Crippen LogP contribution in [0.1, 0.15) is 5.69 Å². The van der Waals surface area contributed by atoms with Crippen LogP contribution in [0, 0.1) is 0 Å². The Bertz CT molecular complexity index is 174. The average Bonchev–Trinajstić information content (AvgIpc) is 2.14. The van der Waals surface area contributed by atoms with Crippen LogP contribution in [-0.4, -0.2) is 5.16 Å². The minimum absolute atomic E-state index is 0.414. The maximum atomic E-state index is 5.24. The molecule has 0 radical (unpaired) electrons. The minimum Gasteiger partial charge on any atom is -0.363 e.